The number of methoxy groups -OCH3 is 2. The predicted octanol–water partition coefficient (Wildman–Crippen LogP) is 3.41. The van der Waals surface area contributed by atoms with Crippen molar-refractivity contribution in [1.29, 1.82) is 0 Å². The minimum Gasteiger partial charge on any atom is -0.496 e. The third kappa shape index (κ3) is 2.31. The van der Waals surface area contributed by atoms with Crippen LogP contribution >= 0.6 is 0 Å². The molecular formula is C17H19NO3. The lowest BCUT2D eigenvalue weighted by Crippen LogP contribution is -2.17. The molecule has 0 saturated carbocycles. The van der Waals surface area contributed by atoms with Gasteiger partial charge in [-0.3, -0.25) is 0 Å². The molecule has 0 amide bonds. The van der Waals surface area contributed by atoms with Crippen LogP contribution in [-0.4, -0.2) is 32.3 Å². The fourth-order valence-electron chi connectivity index (χ4n) is 2.59. The van der Waals surface area contributed by atoms with Gasteiger partial charge in [0, 0.05) is 10.8 Å². The van der Waals surface area contributed by atoms with Gasteiger partial charge in [-0.1, -0.05) is 12.1 Å². The van der Waals surface area contributed by atoms with E-state index >= 15 is 0 Å². The van der Waals surface area contributed by atoms with Crippen molar-refractivity contribution in [3.05, 3.63) is 35.9 Å². The van der Waals surface area contributed by atoms with Gasteiger partial charge in [0.1, 0.15) is 18.1 Å². The van der Waals surface area contributed by atoms with Gasteiger partial charge in [0.05, 0.1) is 25.3 Å². The highest BCUT2D eigenvalue weighted by Crippen LogP contribution is 2.36. The van der Waals surface area contributed by atoms with E-state index in [1.165, 1.54) is 0 Å². The molecule has 4 heteroatoms. The molecule has 2 aromatic rings. The van der Waals surface area contributed by atoms with E-state index < -0.39 is 0 Å². The Labute approximate surface area is 124 Å². The molecule has 1 heterocycles. The minimum atomic E-state index is -0.191. The molecule has 0 saturated heterocycles. The zero-order valence-electron chi connectivity index (χ0n) is 12.8. The Bertz CT molecular complexity index is 719. The summed E-state index contributed by atoms with van der Waals surface area (Å²) in [5, 5.41) is 2.00. The first-order valence-corrected chi connectivity index (χ1v) is 6.92. The van der Waals surface area contributed by atoms with E-state index in [1.54, 1.807) is 14.2 Å². The Morgan fingerprint density at radius 2 is 1.86 bits per heavy atom. The van der Waals surface area contributed by atoms with Gasteiger partial charge in [0.15, 0.2) is 0 Å². The van der Waals surface area contributed by atoms with Crippen molar-refractivity contribution in [2.75, 3.05) is 20.8 Å². The number of hydrogen-bond donors (Lipinski definition) is 0. The quantitative estimate of drug-likeness (QED) is 0.867. The summed E-state index contributed by atoms with van der Waals surface area (Å²) >= 11 is 0. The second kappa shape index (κ2) is 4.95. The lowest BCUT2D eigenvalue weighted by Gasteiger charge is -2.13. The Balaban J connectivity index is 2.22. The summed E-state index contributed by atoms with van der Waals surface area (Å²) < 4.78 is 16.8. The van der Waals surface area contributed by atoms with E-state index in [2.05, 4.69) is 18.8 Å². The fraction of sp³-hybridized carbons (Fsp3) is 0.353. The maximum atomic E-state index is 5.74. The van der Waals surface area contributed by atoms with Crippen LogP contribution in [0.3, 0.4) is 0 Å². The van der Waals surface area contributed by atoms with Gasteiger partial charge in [-0.05, 0) is 32.0 Å². The summed E-state index contributed by atoms with van der Waals surface area (Å²) in [6, 6.07) is 9.90. The van der Waals surface area contributed by atoms with E-state index in [4.69, 9.17) is 14.2 Å². The van der Waals surface area contributed by atoms with E-state index in [9.17, 15) is 0 Å². The Morgan fingerprint density at radius 3 is 2.48 bits per heavy atom. The highest BCUT2D eigenvalue weighted by molar-refractivity contribution is 6.05. The van der Waals surface area contributed by atoms with Crippen LogP contribution in [0.15, 0.2) is 35.3 Å². The third-order valence-electron chi connectivity index (χ3n) is 3.59. The van der Waals surface area contributed by atoms with Crippen LogP contribution < -0.4 is 9.47 Å². The van der Waals surface area contributed by atoms with Crippen LogP contribution in [0.4, 0.5) is 0 Å². The SMILES string of the molecule is COc1cccc2c(OC)c(C3=NC(C)(C)CO3)ccc12. The summed E-state index contributed by atoms with van der Waals surface area (Å²) in [6.07, 6.45) is 0. The monoisotopic (exact) mass is 285 g/mol. The summed E-state index contributed by atoms with van der Waals surface area (Å²) in [5.41, 5.74) is 0.688. The van der Waals surface area contributed by atoms with Crippen LogP contribution in [-0.2, 0) is 4.74 Å². The van der Waals surface area contributed by atoms with Crippen molar-refractivity contribution in [2.45, 2.75) is 19.4 Å². The molecule has 110 valence electrons. The zero-order chi connectivity index (χ0) is 15.0. The summed E-state index contributed by atoms with van der Waals surface area (Å²) in [5.74, 6) is 2.23. The van der Waals surface area contributed by atoms with Crippen LogP contribution in [0.1, 0.15) is 19.4 Å². The van der Waals surface area contributed by atoms with Gasteiger partial charge < -0.3 is 14.2 Å². The Hall–Kier alpha value is -2.23. The van der Waals surface area contributed by atoms with Crippen molar-refractivity contribution in [1.82, 2.24) is 0 Å². The van der Waals surface area contributed by atoms with Crippen molar-refractivity contribution < 1.29 is 14.2 Å². The van der Waals surface area contributed by atoms with Crippen molar-refractivity contribution >= 4 is 16.7 Å². The molecule has 4 nitrogen and oxygen atoms in total. The first-order valence-electron chi connectivity index (χ1n) is 6.92. The van der Waals surface area contributed by atoms with E-state index in [0.29, 0.717) is 12.5 Å². The first kappa shape index (κ1) is 13.7. The maximum Gasteiger partial charge on any atom is 0.220 e. The topological polar surface area (TPSA) is 40.0 Å². The number of aliphatic imine (C=N–C) groups is 1. The lowest BCUT2D eigenvalue weighted by molar-refractivity contribution is 0.278. The number of fused-ring (bicyclic) bond motifs is 1. The van der Waals surface area contributed by atoms with Gasteiger partial charge in [-0.15, -0.1) is 0 Å². The molecular weight excluding hydrogens is 266 g/mol. The molecule has 0 spiro atoms. The molecule has 1 aliphatic heterocycles. The van der Waals surface area contributed by atoms with E-state index in [1.807, 2.05) is 30.3 Å². The zero-order valence-corrected chi connectivity index (χ0v) is 12.8. The fourth-order valence-corrected chi connectivity index (χ4v) is 2.59. The van der Waals surface area contributed by atoms with Crippen molar-refractivity contribution in [2.24, 2.45) is 4.99 Å². The minimum absolute atomic E-state index is 0.191. The van der Waals surface area contributed by atoms with Crippen LogP contribution in [0.25, 0.3) is 10.8 Å². The molecule has 0 unspecified atom stereocenters. The second-order valence-electron chi connectivity index (χ2n) is 5.72. The molecule has 0 atom stereocenters. The van der Waals surface area contributed by atoms with Crippen LogP contribution in [0, 0.1) is 0 Å². The molecule has 0 N–H and O–H groups in total. The van der Waals surface area contributed by atoms with Crippen molar-refractivity contribution in [3.8, 4) is 11.5 Å². The molecule has 0 aliphatic carbocycles. The van der Waals surface area contributed by atoms with Crippen LogP contribution in [0.5, 0.6) is 11.5 Å². The maximum absolute atomic E-state index is 5.74. The number of hydrogen-bond acceptors (Lipinski definition) is 4. The first-order chi connectivity index (χ1) is 10.1. The third-order valence-corrected chi connectivity index (χ3v) is 3.59. The standard InChI is InChI=1S/C17H19NO3/c1-17(2)10-21-16(18-17)13-9-8-11-12(15(13)20-4)6-5-7-14(11)19-3/h5-9H,10H2,1-4H3. The lowest BCUT2D eigenvalue weighted by atomic mass is 10.0. The average Bonchev–Trinajstić information content (AvgIpc) is 2.85. The number of rotatable bonds is 3. The highest BCUT2D eigenvalue weighted by atomic mass is 16.5. The molecule has 0 radical (unpaired) electrons. The summed E-state index contributed by atoms with van der Waals surface area (Å²) in [4.78, 5) is 4.63. The van der Waals surface area contributed by atoms with Gasteiger partial charge in [-0.2, -0.15) is 0 Å². The van der Waals surface area contributed by atoms with Gasteiger partial charge in [0.25, 0.3) is 0 Å². The summed E-state index contributed by atoms with van der Waals surface area (Å²) in [6.45, 7) is 4.69. The smallest absolute Gasteiger partial charge is 0.220 e. The normalized spacial score (nSPS) is 16.5. The molecule has 2 aromatic carbocycles. The molecule has 21 heavy (non-hydrogen) atoms. The van der Waals surface area contributed by atoms with Crippen molar-refractivity contribution in [3.63, 3.8) is 0 Å². The largest absolute Gasteiger partial charge is 0.496 e. The number of nitrogens with zero attached hydrogens (tertiary/aromatic N) is 1. The Morgan fingerprint density at radius 1 is 1.05 bits per heavy atom. The van der Waals surface area contributed by atoms with E-state index in [0.717, 1.165) is 27.8 Å². The number of benzene rings is 2. The second-order valence-corrected chi connectivity index (χ2v) is 5.72. The average molecular weight is 285 g/mol. The van der Waals surface area contributed by atoms with Gasteiger partial charge in [0.2, 0.25) is 5.90 Å². The molecule has 3 rings (SSSR count). The molecule has 0 fully saturated rings. The number of ether oxygens (including phenoxy) is 3. The summed E-state index contributed by atoms with van der Waals surface area (Å²) in [7, 11) is 3.33. The van der Waals surface area contributed by atoms with Gasteiger partial charge in [-0.25, -0.2) is 4.99 Å². The van der Waals surface area contributed by atoms with Gasteiger partial charge >= 0.3 is 0 Å². The van der Waals surface area contributed by atoms with Crippen LogP contribution in [0.2, 0.25) is 0 Å². The Kier molecular flexibility index (Phi) is 3.24. The predicted molar refractivity (Wildman–Crippen MR) is 83.6 cm³/mol. The highest BCUT2D eigenvalue weighted by Gasteiger charge is 2.29. The van der Waals surface area contributed by atoms with E-state index in [-0.39, 0.29) is 5.54 Å². The molecule has 1 aliphatic rings. The molecule has 0 aromatic heterocycles. The molecule has 0 bridgehead atoms.